The largest absolute Gasteiger partial charge is 0.497 e. The molecule has 0 N–H and O–H groups in total. The van der Waals surface area contributed by atoms with Gasteiger partial charge in [-0.1, -0.05) is 23.5 Å². The van der Waals surface area contributed by atoms with Gasteiger partial charge in [-0.15, -0.1) is 0 Å². The van der Waals surface area contributed by atoms with Crippen molar-refractivity contribution < 1.29 is 23.6 Å². The maximum atomic E-state index is 14.1. The number of amides is 1. The normalized spacial score (nSPS) is 14.7. The number of hydrogen-bond donors (Lipinski definition) is 0. The number of furan rings is 1. The molecule has 1 aliphatic heterocycles. The zero-order chi connectivity index (χ0) is 30.8. The number of nitrogens with zero attached hydrogens (tertiary/aromatic N) is 4. The predicted molar refractivity (Wildman–Crippen MR) is 162 cm³/mol. The number of aromatic nitrogens is 1. The average molecular weight is 603 g/mol. The quantitative estimate of drug-likeness (QED) is 0.206. The summed E-state index contributed by atoms with van der Waals surface area (Å²) in [6, 6.07) is 14.0. The molecule has 0 aliphatic carbocycles. The third-order valence-electron chi connectivity index (χ3n) is 7.30. The lowest BCUT2D eigenvalue weighted by molar-refractivity contribution is -0.384. The smallest absolute Gasteiger partial charge is 0.280 e. The number of allylic oxidation sites excluding steroid dienone is 1. The molecular formula is C31H30N4O7S. The Morgan fingerprint density at radius 2 is 1.88 bits per heavy atom. The summed E-state index contributed by atoms with van der Waals surface area (Å²) in [6.45, 7) is 6.53. The van der Waals surface area contributed by atoms with Crippen LogP contribution in [-0.4, -0.2) is 47.6 Å². The Hall–Kier alpha value is -4.97. The zero-order valence-electron chi connectivity index (χ0n) is 24.3. The van der Waals surface area contributed by atoms with Gasteiger partial charge in [-0.05, 0) is 57.2 Å². The van der Waals surface area contributed by atoms with E-state index in [0.29, 0.717) is 67.8 Å². The van der Waals surface area contributed by atoms with Crippen LogP contribution in [0.4, 0.5) is 5.69 Å². The number of carbonyl (C=O) groups is 1. The van der Waals surface area contributed by atoms with Crippen molar-refractivity contribution in [1.29, 1.82) is 0 Å². The van der Waals surface area contributed by atoms with Crippen LogP contribution in [0.5, 0.6) is 11.5 Å². The molecule has 43 heavy (non-hydrogen) atoms. The van der Waals surface area contributed by atoms with E-state index in [-0.39, 0.29) is 17.2 Å². The van der Waals surface area contributed by atoms with E-state index >= 15 is 0 Å². The lowest BCUT2D eigenvalue weighted by Gasteiger charge is -2.30. The van der Waals surface area contributed by atoms with Crippen LogP contribution in [0, 0.1) is 10.1 Å². The van der Waals surface area contributed by atoms with E-state index in [1.54, 1.807) is 73.5 Å². The Bertz CT molecular complexity index is 1930. The minimum absolute atomic E-state index is 0.0871. The SMILES string of the molecule is CCN(CC)C(=O)C1=C(C)N=c2s/c(=C/c3ccc(-c4ccccc4[N+](=O)[O-])o3)c(=O)n2[C@H]1c1cc(OC)ccc1OC. The molecule has 0 bridgehead atoms. The molecule has 0 saturated carbocycles. The Morgan fingerprint density at radius 1 is 1.14 bits per heavy atom. The molecule has 2 aromatic heterocycles. The molecule has 0 saturated heterocycles. The van der Waals surface area contributed by atoms with Gasteiger partial charge >= 0.3 is 0 Å². The number of likely N-dealkylation sites (N-methyl/N-ethyl adjacent to an activating group) is 1. The van der Waals surface area contributed by atoms with Crippen LogP contribution in [0.25, 0.3) is 17.4 Å². The molecule has 0 spiro atoms. The molecule has 0 radical (unpaired) electrons. The number of hydrogen-bond acceptors (Lipinski definition) is 9. The molecule has 11 nitrogen and oxygen atoms in total. The summed E-state index contributed by atoms with van der Waals surface area (Å²) in [6.07, 6.45) is 1.58. The first-order valence-electron chi connectivity index (χ1n) is 13.6. The van der Waals surface area contributed by atoms with Crippen molar-refractivity contribution in [3.63, 3.8) is 0 Å². The van der Waals surface area contributed by atoms with Gasteiger partial charge < -0.3 is 18.8 Å². The summed E-state index contributed by atoms with van der Waals surface area (Å²) in [5.41, 5.74) is 1.31. The second-order valence-electron chi connectivity index (χ2n) is 9.64. The minimum atomic E-state index is -0.837. The molecule has 3 heterocycles. The Morgan fingerprint density at radius 3 is 2.56 bits per heavy atom. The summed E-state index contributed by atoms with van der Waals surface area (Å²) in [5.74, 6) is 1.44. The van der Waals surface area contributed by atoms with Crippen molar-refractivity contribution >= 4 is 29.0 Å². The molecule has 1 aliphatic rings. The molecule has 222 valence electrons. The summed E-state index contributed by atoms with van der Waals surface area (Å²) < 4.78 is 18.9. The number of fused-ring (bicyclic) bond motifs is 1. The third kappa shape index (κ3) is 5.37. The van der Waals surface area contributed by atoms with Crippen LogP contribution in [0.1, 0.15) is 38.1 Å². The highest BCUT2D eigenvalue weighted by Crippen LogP contribution is 2.38. The topological polar surface area (TPSA) is 129 Å². The third-order valence-corrected chi connectivity index (χ3v) is 8.28. The fourth-order valence-corrected chi connectivity index (χ4v) is 6.20. The monoisotopic (exact) mass is 602 g/mol. The molecule has 5 rings (SSSR count). The minimum Gasteiger partial charge on any atom is -0.497 e. The van der Waals surface area contributed by atoms with E-state index in [1.807, 2.05) is 13.8 Å². The maximum Gasteiger partial charge on any atom is 0.280 e. The van der Waals surface area contributed by atoms with Crippen LogP contribution in [0.2, 0.25) is 0 Å². The molecule has 0 fully saturated rings. The molecule has 1 atom stereocenters. The van der Waals surface area contributed by atoms with E-state index in [2.05, 4.69) is 0 Å². The van der Waals surface area contributed by atoms with E-state index in [4.69, 9.17) is 18.9 Å². The Labute approximate surface area is 250 Å². The number of methoxy groups -OCH3 is 2. The molecule has 12 heteroatoms. The van der Waals surface area contributed by atoms with Gasteiger partial charge in [0.2, 0.25) is 0 Å². The van der Waals surface area contributed by atoms with Crippen molar-refractivity contribution in [1.82, 2.24) is 9.47 Å². The zero-order valence-corrected chi connectivity index (χ0v) is 25.1. The Kier molecular flexibility index (Phi) is 8.31. The highest BCUT2D eigenvalue weighted by molar-refractivity contribution is 7.07. The van der Waals surface area contributed by atoms with Gasteiger partial charge in [0.25, 0.3) is 17.2 Å². The van der Waals surface area contributed by atoms with Crippen LogP contribution in [0.3, 0.4) is 0 Å². The number of thiazole rings is 1. The summed E-state index contributed by atoms with van der Waals surface area (Å²) >= 11 is 1.16. The molecule has 1 amide bonds. The highest BCUT2D eigenvalue weighted by atomic mass is 32.1. The second kappa shape index (κ2) is 12.1. The van der Waals surface area contributed by atoms with E-state index < -0.39 is 11.0 Å². The standard InChI is InChI=1S/C31H30N4O7S/c1-6-33(7-2)30(37)27-18(3)32-31-34(28(27)22-16-19(40-4)12-14-24(22)41-5)29(36)26(43-31)17-20-13-15-25(42-20)21-10-8-9-11-23(21)35(38)39/h8-17,28H,6-7H2,1-5H3/b26-17+/t28-/m0/s1. The van der Waals surface area contributed by atoms with E-state index in [0.717, 1.165) is 11.3 Å². The number of nitro benzene ring substituents is 1. The van der Waals surface area contributed by atoms with Gasteiger partial charge in [-0.3, -0.25) is 24.3 Å². The van der Waals surface area contributed by atoms with E-state index in [1.165, 1.54) is 17.7 Å². The maximum absolute atomic E-state index is 14.1. The van der Waals surface area contributed by atoms with Crippen LogP contribution in [-0.2, 0) is 4.79 Å². The van der Waals surface area contributed by atoms with Crippen molar-refractivity contribution in [3.8, 4) is 22.8 Å². The van der Waals surface area contributed by atoms with Crippen LogP contribution < -0.4 is 24.4 Å². The van der Waals surface area contributed by atoms with Crippen molar-refractivity contribution in [2.75, 3.05) is 27.3 Å². The van der Waals surface area contributed by atoms with Gasteiger partial charge in [0.1, 0.15) is 29.1 Å². The Balaban J connectivity index is 1.70. The van der Waals surface area contributed by atoms with Gasteiger partial charge in [0, 0.05) is 30.8 Å². The fourth-order valence-electron chi connectivity index (χ4n) is 5.17. The first kappa shape index (κ1) is 29.5. The highest BCUT2D eigenvalue weighted by Gasteiger charge is 2.36. The average Bonchev–Trinajstić information content (AvgIpc) is 3.60. The number of nitro groups is 1. The molecule has 0 unspecified atom stereocenters. The number of para-hydroxylation sites is 1. The first-order valence-corrected chi connectivity index (χ1v) is 14.4. The van der Waals surface area contributed by atoms with Crippen molar-refractivity contribution in [2.45, 2.75) is 26.8 Å². The lowest BCUT2D eigenvalue weighted by atomic mass is 9.93. The molecule has 2 aromatic carbocycles. The van der Waals surface area contributed by atoms with E-state index in [9.17, 15) is 19.7 Å². The molecular weight excluding hydrogens is 572 g/mol. The second-order valence-corrected chi connectivity index (χ2v) is 10.7. The molecule has 4 aromatic rings. The number of benzene rings is 2. The van der Waals surface area contributed by atoms with Gasteiger partial charge in [0.15, 0.2) is 4.80 Å². The fraction of sp³-hybridized carbons (Fsp3) is 0.258. The summed E-state index contributed by atoms with van der Waals surface area (Å²) in [5, 5.41) is 11.5. The first-order chi connectivity index (χ1) is 20.7. The van der Waals surface area contributed by atoms with Gasteiger partial charge in [0.05, 0.1) is 40.5 Å². The van der Waals surface area contributed by atoms with Crippen LogP contribution >= 0.6 is 11.3 Å². The van der Waals surface area contributed by atoms with Crippen LogP contribution in [0.15, 0.2) is 80.1 Å². The summed E-state index contributed by atoms with van der Waals surface area (Å²) in [4.78, 5) is 45.8. The van der Waals surface area contributed by atoms with Gasteiger partial charge in [-0.2, -0.15) is 0 Å². The predicted octanol–water partition coefficient (Wildman–Crippen LogP) is 4.29. The number of carbonyl (C=O) groups excluding carboxylic acids is 1. The van der Waals surface area contributed by atoms with Crippen molar-refractivity contribution in [3.05, 3.63) is 107 Å². The lowest BCUT2D eigenvalue weighted by Crippen LogP contribution is -2.43. The number of ether oxygens (including phenoxy) is 2. The van der Waals surface area contributed by atoms with Gasteiger partial charge in [-0.25, -0.2) is 4.99 Å². The van der Waals surface area contributed by atoms with Crippen molar-refractivity contribution in [2.24, 2.45) is 4.99 Å². The number of rotatable bonds is 9. The summed E-state index contributed by atoms with van der Waals surface area (Å²) in [7, 11) is 3.07.